The van der Waals surface area contributed by atoms with Gasteiger partial charge in [0.2, 0.25) is 0 Å². The lowest BCUT2D eigenvalue weighted by molar-refractivity contribution is -0.124. The number of ketones is 1. The van der Waals surface area contributed by atoms with E-state index < -0.39 is 0 Å². The van der Waals surface area contributed by atoms with Gasteiger partial charge in [-0.3, -0.25) is 9.69 Å². The number of likely N-dealkylation sites (tertiary alicyclic amines) is 1. The SMILES string of the molecule is O=C(CCc1ccccc1)[C@@H]1CCCN(Cc2cncn2C2CC2)C1. The fourth-order valence-electron chi connectivity index (χ4n) is 3.94. The Balaban J connectivity index is 1.31. The Labute approximate surface area is 149 Å². The molecule has 1 aromatic carbocycles. The number of nitrogens with zero attached hydrogens (tertiary/aromatic N) is 3. The Morgan fingerprint density at radius 2 is 2.00 bits per heavy atom. The zero-order valence-electron chi connectivity index (χ0n) is 14.8. The van der Waals surface area contributed by atoms with Gasteiger partial charge in [-0.05, 0) is 44.2 Å². The highest BCUT2D eigenvalue weighted by atomic mass is 16.1. The molecule has 0 spiro atoms. The first-order valence-corrected chi connectivity index (χ1v) is 9.59. The van der Waals surface area contributed by atoms with Crippen molar-refractivity contribution in [2.24, 2.45) is 5.92 Å². The molecule has 25 heavy (non-hydrogen) atoms. The van der Waals surface area contributed by atoms with Crippen LogP contribution in [0.4, 0.5) is 0 Å². The van der Waals surface area contributed by atoms with Crippen molar-refractivity contribution in [1.82, 2.24) is 14.5 Å². The first-order valence-electron chi connectivity index (χ1n) is 9.59. The van der Waals surface area contributed by atoms with Crippen molar-refractivity contribution in [3.05, 3.63) is 54.1 Å². The average Bonchev–Trinajstić information content (AvgIpc) is 3.40. The van der Waals surface area contributed by atoms with Crippen LogP contribution in [0, 0.1) is 5.92 Å². The van der Waals surface area contributed by atoms with Crippen LogP contribution in [-0.2, 0) is 17.8 Å². The zero-order chi connectivity index (χ0) is 17.1. The number of aryl methyl sites for hydroxylation is 1. The number of aromatic nitrogens is 2. The molecule has 4 rings (SSSR count). The van der Waals surface area contributed by atoms with Gasteiger partial charge >= 0.3 is 0 Å². The minimum atomic E-state index is 0.203. The van der Waals surface area contributed by atoms with Crippen LogP contribution in [0.5, 0.6) is 0 Å². The molecule has 132 valence electrons. The lowest BCUT2D eigenvalue weighted by atomic mass is 9.90. The average molecular weight is 337 g/mol. The van der Waals surface area contributed by atoms with E-state index in [1.807, 2.05) is 30.7 Å². The van der Waals surface area contributed by atoms with E-state index in [1.165, 1.54) is 24.1 Å². The summed E-state index contributed by atoms with van der Waals surface area (Å²) in [5.74, 6) is 0.638. The summed E-state index contributed by atoms with van der Waals surface area (Å²) in [7, 11) is 0. The Morgan fingerprint density at radius 3 is 2.80 bits per heavy atom. The second-order valence-corrected chi connectivity index (χ2v) is 7.55. The molecular formula is C21H27N3O. The number of carbonyl (C=O) groups excluding carboxylic acids is 1. The number of hydrogen-bond acceptors (Lipinski definition) is 3. The number of carbonyl (C=O) groups is 1. The van der Waals surface area contributed by atoms with Gasteiger partial charge in [0, 0.05) is 37.7 Å². The molecule has 1 aliphatic carbocycles. The first kappa shape index (κ1) is 16.5. The van der Waals surface area contributed by atoms with Gasteiger partial charge in [-0.25, -0.2) is 4.98 Å². The molecule has 0 amide bonds. The van der Waals surface area contributed by atoms with Crippen LogP contribution >= 0.6 is 0 Å². The van der Waals surface area contributed by atoms with Crippen molar-refractivity contribution in [3.63, 3.8) is 0 Å². The highest BCUT2D eigenvalue weighted by molar-refractivity contribution is 5.81. The Hall–Kier alpha value is -1.94. The fraction of sp³-hybridized carbons (Fsp3) is 0.524. The Kier molecular flexibility index (Phi) is 4.97. The fourth-order valence-corrected chi connectivity index (χ4v) is 3.94. The molecule has 4 heteroatoms. The molecule has 0 unspecified atom stereocenters. The number of rotatable bonds is 7. The van der Waals surface area contributed by atoms with Gasteiger partial charge in [-0.1, -0.05) is 30.3 Å². The molecule has 1 saturated heterocycles. The van der Waals surface area contributed by atoms with Crippen LogP contribution in [0.25, 0.3) is 0 Å². The van der Waals surface area contributed by atoms with Crippen molar-refractivity contribution in [3.8, 4) is 0 Å². The number of benzene rings is 1. The monoisotopic (exact) mass is 337 g/mol. The van der Waals surface area contributed by atoms with Gasteiger partial charge in [-0.15, -0.1) is 0 Å². The lowest BCUT2D eigenvalue weighted by Crippen LogP contribution is -2.38. The summed E-state index contributed by atoms with van der Waals surface area (Å²) < 4.78 is 2.33. The van der Waals surface area contributed by atoms with Gasteiger partial charge < -0.3 is 4.57 Å². The number of imidazole rings is 1. The molecule has 1 aromatic heterocycles. The van der Waals surface area contributed by atoms with Crippen LogP contribution in [-0.4, -0.2) is 33.3 Å². The van der Waals surface area contributed by atoms with Crippen molar-refractivity contribution in [1.29, 1.82) is 0 Å². The maximum Gasteiger partial charge on any atom is 0.137 e. The van der Waals surface area contributed by atoms with Crippen LogP contribution in [0.2, 0.25) is 0 Å². The van der Waals surface area contributed by atoms with Crippen molar-refractivity contribution in [2.45, 2.75) is 51.1 Å². The van der Waals surface area contributed by atoms with Crippen LogP contribution in [0.1, 0.15) is 49.4 Å². The zero-order valence-corrected chi connectivity index (χ0v) is 14.8. The predicted molar refractivity (Wildman–Crippen MR) is 98.3 cm³/mol. The molecule has 4 nitrogen and oxygen atoms in total. The van der Waals surface area contributed by atoms with Gasteiger partial charge in [0.1, 0.15) is 5.78 Å². The highest BCUT2D eigenvalue weighted by Crippen LogP contribution is 2.36. The maximum atomic E-state index is 12.7. The maximum absolute atomic E-state index is 12.7. The molecule has 2 aromatic rings. The normalized spacial score (nSPS) is 21.4. The molecule has 2 fully saturated rings. The molecule has 0 N–H and O–H groups in total. The van der Waals surface area contributed by atoms with E-state index >= 15 is 0 Å². The topological polar surface area (TPSA) is 38.1 Å². The van der Waals surface area contributed by atoms with E-state index in [1.54, 1.807) is 0 Å². The van der Waals surface area contributed by atoms with Gasteiger partial charge in [0.05, 0.1) is 12.0 Å². The Morgan fingerprint density at radius 1 is 1.16 bits per heavy atom. The second-order valence-electron chi connectivity index (χ2n) is 7.55. The Bertz CT molecular complexity index is 705. The molecule has 0 radical (unpaired) electrons. The third kappa shape index (κ3) is 4.18. The molecule has 1 atom stereocenters. The molecule has 2 heterocycles. The smallest absolute Gasteiger partial charge is 0.137 e. The quantitative estimate of drug-likeness (QED) is 0.774. The first-order chi connectivity index (χ1) is 12.3. The van der Waals surface area contributed by atoms with E-state index in [9.17, 15) is 4.79 Å². The minimum Gasteiger partial charge on any atom is -0.330 e. The van der Waals surface area contributed by atoms with Crippen molar-refractivity contribution >= 4 is 5.78 Å². The predicted octanol–water partition coefficient (Wildman–Crippen LogP) is 3.63. The van der Waals surface area contributed by atoms with E-state index in [0.717, 1.165) is 38.9 Å². The third-order valence-corrected chi connectivity index (χ3v) is 5.54. The molecular weight excluding hydrogens is 310 g/mol. The number of hydrogen-bond donors (Lipinski definition) is 0. The third-order valence-electron chi connectivity index (χ3n) is 5.54. The van der Waals surface area contributed by atoms with Gasteiger partial charge in [-0.2, -0.15) is 0 Å². The largest absolute Gasteiger partial charge is 0.330 e. The highest BCUT2D eigenvalue weighted by Gasteiger charge is 2.28. The van der Waals surface area contributed by atoms with E-state index in [4.69, 9.17) is 0 Å². The summed E-state index contributed by atoms with van der Waals surface area (Å²) in [5.41, 5.74) is 2.57. The molecule has 2 aliphatic rings. The van der Waals surface area contributed by atoms with Gasteiger partial charge in [0.25, 0.3) is 0 Å². The van der Waals surface area contributed by atoms with Gasteiger partial charge in [0.15, 0.2) is 0 Å². The molecule has 1 saturated carbocycles. The standard InChI is InChI=1S/C21H27N3O/c25-21(11-8-17-5-2-1-3-6-17)18-7-4-12-23(14-18)15-20-13-22-16-24(20)19-9-10-19/h1-3,5-6,13,16,18-19H,4,7-12,14-15H2/t18-/m1/s1. The van der Waals surface area contributed by atoms with E-state index in [-0.39, 0.29) is 5.92 Å². The number of Topliss-reactive ketones (excluding diaryl/α,β-unsaturated/α-hetero) is 1. The summed E-state index contributed by atoms with van der Waals surface area (Å²) >= 11 is 0. The van der Waals surface area contributed by atoms with Crippen molar-refractivity contribution < 1.29 is 4.79 Å². The summed E-state index contributed by atoms with van der Waals surface area (Å²) in [4.78, 5) is 19.4. The lowest BCUT2D eigenvalue weighted by Gasteiger charge is -2.32. The summed E-state index contributed by atoms with van der Waals surface area (Å²) in [6.45, 7) is 2.93. The number of piperidine rings is 1. The van der Waals surface area contributed by atoms with E-state index in [0.29, 0.717) is 18.2 Å². The van der Waals surface area contributed by atoms with Crippen LogP contribution in [0.15, 0.2) is 42.9 Å². The minimum absolute atomic E-state index is 0.203. The summed E-state index contributed by atoms with van der Waals surface area (Å²) in [5, 5.41) is 0. The summed E-state index contributed by atoms with van der Waals surface area (Å²) in [6, 6.07) is 11.0. The van der Waals surface area contributed by atoms with Crippen LogP contribution < -0.4 is 0 Å². The molecule has 1 aliphatic heterocycles. The van der Waals surface area contributed by atoms with Crippen molar-refractivity contribution in [2.75, 3.05) is 13.1 Å². The summed E-state index contributed by atoms with van der Waals surface area (Å²) in [6.07, 6.45) is 10.2. The molecule has 0 bridgehead atoms. The second kappa shape index (κ2) is 7.52. The van der Waals surface area contributed by atoms with E-state index in [2.05, 4.69) is 26.6 Å². The van der Waals surface area contributed by atoms with Crippen LogP contribution in [0.3, 0.4) is 0 Å².